The summed E-state index contributed by atoms with van der Waals surface area (Å²) in [4.78, 5) is 18.2. The summed E-state index contributed by atoms with van der Waals surface area (Å²) < 4.78 is 14.8. The maximum Gasteiger partial charge on any atom is 0.282 e. The van der Waals surface area contributed by atoms with Crippen LogP contribution < -0.4 is 15.0 Å². The van der Waals surface area contributed by atoms with Crippen LogP contribution in [-0.2, 0) is 12.0 Å². The van der Waals surface area contributed by atoms with E-state index in [9.17, 15) is 4.79 Å². The van der Waals surface area contributed by atoms with Crippen molar-refractivity contribution in [2.24, 2.45) is 5.10 Å². The highest BCUT2D eigenvalue weighted by Crippen LogP contribution is 2.37. The van der Waals surface area contributed by atoms with Gasteiger partial charge in [-0.15, -0.1) is 0 Å². The molecular weight excluding hydrogens is 622 g/mol. The quantitative estimate of drug-likeness (QED) is 0.176. The zero-order valence-electron chi connectivity index (χ0n) is 22.0. The Morgan fingerprint density at radius 2 is 1.74 bits per heavy atom. The van der Waals surface area contributed by atoms with E-state index in [1.54, 1.807) is 19.4 Å². The maximum atomic E-state index is 13.5. The van der Waals surface area contributed by atoms with Gasteiger partial charge in [0.15, 0.2) is 11.5 Å². The van der Waals surface area contributed by atoms with Crippen LogP contribution in [0.3, 0.4) is 0 Å². The molecule has 0 unspecified atom stereocenters. The van der Waals surface area contributed by atoms with Crippen molar-refractivity contribution >= 4 is 59.7 Å². The Kier molecular flexibility index (Phi) is 7.60. The standard InChI is InChI=1S/C31H27Br2N3O3/c1-31(2,3)30-35-26-13-12-22(32)16-24(26)29(37)36(30)34-17-19-14-25(33)28(27(15-19)38-4)39-18-21-10-7-9-20-8-5-6-11-23(20)21/h5-17H,18H2,1-4H3. The molecule has 1 aromatic heterocycles. The molecule has 0 radical (unpaired) electrons. The van der Waals surface area contributed by atoms with Gasteiger partial charge < -0.3 is 9.47 Å². The van der Waals surface area contributed by atoms with E-state index in [1.807, 2.05) is 63.2 Å². The van der Waals surface area contributed by atoms with Gasteiger partial charge in [0.1, 0.15) is 12.4 Å². The summed E-state index contributed by atoms with van der Waals surface area (Å²) in [5.74, 6) is 1.71. The first-order valence-corrected chi connectivity index (χ1v) is 14.0. The Hall–Kier alpha value is -3.49. The Bertz CT molecular complexity index is 1780. The van der Waals surface area contributed by atoms with E-state index in [-0.39, 0.29) is 5.56 Å². The fraction of sp³-hybridized carbons (Fsp3) is 0.194. The Labute approximate surface area is 243 Å². The van der Waals surface area contributed by atoms with Gasteiger partial charge in [0.05, 0.1) is 28.7 Å². The van der Waals surface area contributed by atoms with Gasteiger partial charge in [-0.3, -0.25) is 4.79 Å². The first-order chi connectivity index (χ1) is 18.7. The monoisotopic (exact) mass is 647 g/mol. The van der Waals surface area contributed by atoms with Crippen molar-refractivity contribution < 1.29 is 9.47 Å². The summed E-state index contributed by atoms with van der Waals surface area (Å²) in [7, 11) is 1.60. The van der Waals surface area contributed by atoms with E-state index in [4.69, 9.17) is 14.5 Å². The van der Waals surface area contributed by atoms with E-state index in [0.29, 0.717) is 39.3 Å². The average Bonchev–Trinajstić information content (AvgIpc) is 2.91. The molecule has 5 rings (SSSR count). The predicted molar refractivity (Wildman–Crippen MR) is 164 cm³/mol. The maximum absolute atomic E-state index is 13.5. The van der Waals surface area contributed by atoms with Crippen LogP contribution in [0, 0.1) is 0 Å². The number of hydrogen-bond donors (Lipinski definition) is 0. The zero-order valence-corrected chi connectivity index (χ0v) is 25.2. The van der Waals surface area contributed by atoms with Gasteiger partial charge in [0.25, 0.3) is 5.56 Å². The summed E-state index contributed by atoms with van der Waals surface area (Å²) >= 11 is 7.09. The number of ether oxygens (including phenoxy) is 2. The van der Waals surface area contributed by atoms with E-state index in [0.717, 1.165) is 26.4 Å². The molecular formula is C31H27Br2N3O3. The van der Waals surface area contributed by atoms with E-state index in [2.05, 4.69) is 61.2 Å². The number of methoxy groups -OCH3 is 1. The summed E-state index contributed by atoms with van der Waals surface area (Å²) in [5, 5.41) is 7.38. The minimum Gasteiger partial charge on any atom is -0.493 e. The zero-order chi connectivity index (χ0) is 27.7. The van der Waals surface area contributed by atoms with Gasteiger partial charge in [-0.1, -0.05) is 79.2 Å². The molecule has 198 valence electrons. The highest BCUT2D eigenvalue weighted by Gasteiger charge is 2.23. The molecule has 0 fully saturated rings. The van der Waals surface area contributed by atoms with Crippen LogP contribution in [-0.4, -0.2) is 23.0 Å². The van der Waals surface area contributed by atoms with Crippen LogP contribution in [0.1, 0.15) is 37.7 Å². The molecule has 39 heavy (non-hydrogen) atoms. The summed E-state index contributed by atoms with van der Waals surface area (Å²) in [6.45, 7) is 6.40. The molecule has 0 atom stereocenters. The smallest absolute Gasteiger partial charge is 0.282 e. The fourth-order valence-corrected chi connectivity index (χ4v) is 5.32. The molecule has 0 spiro atoms. The number of halogens is 2. The van der Waals surface area contributed by atoms with E-state index in [1.165, 1.54) is 4.68 Å². The van der Waals surface area contributed by atoms with Crippen molar-refractivity contribution in [3.8, 4) is 11.5 Å². The van der Waals surface area contributed by atoms with Gasteiger partial charge in [-0.25, -0.2) is 4.98 Å². The van der Waals surface area contributed by atoms with Crippen LogP contribution in [0.4, 0.5) is 0 Å². The molecule has 0 N–H and O–H groups in total. The molecule has 5 aromatic rings. The average molecular weight is 649 g/mol. The molecule has 0 aliphatic carbocycles. The minimum atomic E-state index is -0.407. The lowest BCUT2D eigenvalue weighted by molar-refractivity contribution is 0.283. The first-order valence-electron chi connectivity index (χ1n) is 12.4. The molecule has 4 aromatic carbocycles. The van der Waals surface area contributed by atoms with Crippen molar-refractivity contribution in [3.63, 3.8) is 0 Å². The van der Waals surface area contributed by atoms with Gasteiger partial charge in [0.2, 0.25) is 0 Å². The van der Waals surface area contributed by atoms with Crippen LogP contribution in [0.2, 0.25) is 0 Å². The normalized spacial score (nSPS) is 11.9. The van der Waals surface area contributed by atoms with Crippen LogP contribution >= 0.6 is 31.9 Å². The molecule has 0 aliphatic heterocycles. The largest absolute Gasteiger partial charge is 0.493 e. The predicted octanol–water partition coefficient (Wildman–Crippen LogP) is 7.84. The third kappa shape index (κ3) is 5.63. The number of nitrogens with zero attached hydrogens (tertiary/aromatic N) is 3. The molecule has 8 heteroatoms. The fourth-order valence-electron chi connectivity index (χ4n) is 4.39. The number of hydrogen-bond acceptors (Lipinski definition) is 5. The van der Waals surface area contributed by atoms with Crippen LogP contribution in [0.5, 0.6) is 11.5 Å². The van der Waals surface area contributed by atoms with Crippen molar-refractivity contribution in [1.82, 2.24) is 9.66 Å². The third-order valence-corrected chi connectivity index (χ3v) is 7.39. The van der Waals surface area contributed by atoms with Gasteiger partial charge in [-0.2, -0.15) is 9.78 Å². The second kappa shape index (κ2) is 10.9. The highest BCUT2D eigenvalue weighted by molar-refractivity contribution is 9.10. The number of fused-ring (bicyclic) bond motifs is 2. The third-order valence-electron chi connectivity index (χ3n) is 6.31. The van der Waals surface area contributed by atoms with Gasteiger partial charge >= 0.3 is 0 Å². The lowest BCUT2D eigenvalue weighted by Gasteiger charge is -2.21. The second-order valence-electron chi connectivity index (χ2n) is 10.2. The molecule has 0 saturated heterocycles. The number of aromatic nitrogens is 2. The molecule has 0 amide bonds. The lowest BCUT2D eigenvalue weighted by Crippen LogP contribution is -2.29. The molecule has 6 nitrogen and oxygen atoms in total. The van der Waals surface area contributed by atoms with Gasteiger partial charge in [-0.05, 0) is 68.2 Å². The SMILES string of the molecule is COc1cc(C=Nn2c(C(C)(C)C)nc3ccc(Br)cc3c2=O)cc(Br)c1OCc1cccc2ccccc12. The summed E-state index contributed by atoms with van der Waals surface area (Å²) in [6.07, 6.45) is 1.63. The van der Waals surface area contributed by atoms with E-state index >= 15 is 0 Å². The lowest BCUT2D eigenvalue weighted by atomic mass is 9.95. The molecule has 0 aliphatic rings. The van der Waals surface area contributed by atoms with Crippen molar-refractivity contribution in [1.29, 1.82) is 0 Å². The molecule has 0 saturated carbocycles. The van der Waals surface area contributed by atoms with Crippen molar-refractivity contribution in [3.05, 3.63) is 109 Å². The number of benzene rings is 4. The topological polar surface area (TPSA) is 65.7 Å². The molecule has 1 heterocycles. The highest BCUT2D eigenvalue weighted by atomic mass is 79.9. The van der Waals surface area contributed by atoms with Crippen LogP contribution in [0.25, 0.3) is 21.7 Å². The van der Waals surface area contributed by atoms with Crippen molar-refractivity contribution in [2.75, 3.05) is 7.11 Å². The van der Waals surface area contributed by atoms with Crippen LogP contribution in [0.15, 0.2) is 91.6 Å². The van der Waals surface area contributed by atoms with Crippen molar-refractivity contribution in [2.45, 2.75) is 32.8 Å². The second-order valence-corrected chi connectivity index (χ2v) is 11.9. The summed E-state index contributed by atoms with van der Waals surface area (Å²) in [5.41, 5.74) is 1.81. The Morgan fingerprint density at radius 1 is 0.974 bits per heavy atom. The summed E-state index contributed by atoms with van der Waals surface area (Å²) in [6, 6.07) is 23.6. The minimum absolute atomic E-state index is 0.233. The van der Waals surface area contributed by atoms with Gasteiger partial charge in [0, 0.05) is 9.89 Å². The Balaban J connectivity index is 1.50. The van der Waals surface area contributed by atoms with E-state index < -0.39 is 5.41 Å². The molecule has 0 bridgehead atoms. The number of rotatable bonds is 6. The first kappa shape index (κ1) is 27.1. The Morgan fingerprint density at radius 3 is 2.51 bits per heavy atom.